The van der Waals surface area contributed by atoms with Gasteiger partial charge in [-0.05, 0) is 0 Å². The number of aliphatic hydroxyl groups excluding tert-OH is 1. The van der Waals surface area contributed by atoms with Gasteiger partial charge in [0.25, 0.3) is 0 Å². The van der Waals surface area contributed by atoms with Gasteiger partial charge in [-0.15, -0.1) is 0 Å². The minimum Gasteiger partial charge on any atom is -0.778 e. The van der Waals surface area contributed by atoms with Crippen molar-refractivity contribution in [3.63, 3.8) is 0 Å². The topological polar surface area (TPSA) is 138 Å². The van der Waals surface area contributed by atoms with E-state index in [0.717, 1.165) is 0 Å². The Bertz CT molecular complexity index is 193. The SMILES string of the molecule is O=P([O-])(O)C(CO)P(=O)(O)O.[K+]. The first-order chi connectivity index (χ1) is 4.69. The van der Waals surface area contributed by atoms with Crippen molar-refractivity contribution < 1.29 is 85.2 Å². The fourth-order valence-corrected chi connectivity index (χ4v) is 2.34. The zero-order valence-corrected chi connectivity index (χ0v) is 11.1. The fourth-order valence-electron chi connectivity index (χ4n) is 0.400. The summed E-state index contributed by atoms with van der Waals surface area (Å²) in [6, 6.07) is 0. The first-order valence-electron chi connectivity index (χ1n) is 2.39. The largest absolute Gasteiger partial charge is 1.00 e. The number of hydrogen-bond acceptors (Lipinski definition) is 4. The van der Waals surface area contributed by atoms with Crippen molar-refractivity contribution in [2.24, 2.45) is 0 Å². The van der Waals surface area contributed by atoms with Gasteiger partial charge >= 0.3 is 59.0 Å². The molecule has 0 aromatic carbocycles. The van der Waals surface area contributed by atoms with Crippen molar-refractivity contribution in [2.45, 2.75) is 5.40 Å². The molecule has 0 saturated heterocycles. The van der Waals surface area contributed by atoms with Gasteiger partial charge in [0, 0.05) is 0 Å². The Kier molecular flexibility index (Phi) is 7.76. The van der Waals surface area contributed by atoms with Gasteiger partial charge in [0.1, 0.15) is 13.0 Å². The van der Waals surface area contributed by atoms with Crippen LogP contribution in [0, 0.1) is 0 Å². The molecule has 0 fully saturated rings. The zero-order valence-electron chi connectivity index (χ0n) is 6.19. The maximum Gasteiger partial charge on any atom is 1.00 e. The summed E-state index contributed by atoms with van der Waals surface area (Å²) in [5.74, 6) is 0. The van der Waals surface area contributed by atoms with Crippen molar-refractivity contribution in [3.8, 4) is 0 Å². The predicted molar refractivity (Wildman–Crippen MR) is 32.7 cm³/mol. The molecule has 0 aliphatic carbocycles. The van der Waals surface area contributed by atoms with Gasteiger partial charge in [0.05, 0.1) is 6.61 Å². The molecule has 0 heterocycles. The Labute approximate surface area is 111 Å². The van der Waals surface area contributed by atoms with Crippen molar-refractivity contribution in [1.29, 1.82) is 0 Å². The summed E-state index contributed by atoms with van der Waals surface area (Å²) >= 11 is 0. The third-order valence-corrected chi connectivity index (χ3v) is 4.56. The molecule has 0 aliphatic heterocycles. The maximum absolute atomic E-state index is 10.2. The Balaban J connectivity index is 0. The van der Waals surface area contributed by atoms with Crippen LogP contribution >= 0.6 is 15.2 Å². The average molecular weight is 244 g/mol. The van der Waals surface area contributed by atoms with Crippen LogP contribution in [0.1, 0.15) is 0 Å². The standard InChI is InChI=1S/C2H8O7P2.K/c3-1-2(10(4,5)6)11(7,8)9;/h2-3H,1H2,(H2,4,5,6)(H2,7,8,9);/q;+1/p-1. The molecule has 0 bridgehead atoms. The third kappa shape index (κ3) is 5.59. The summed E-state index contributed by atoms with van der Waals surface area (Å²) in [4.78, 5) is 34.8. The van der Waals surface area contributed by atoms with Gasteiger partial charge in [-0.25, -0.2) is 0 Å². The molecule has 0 aromatic rings. The Morgan fingerprint density at radius 3 is 1.58 bits per heavy atom. The molecule has 0 saturated carbocycles. The number of rotatable bonds is 3. The molecular formula is C2H7KO7P2. The van der Waals surface area contributed by atoms with Crippen LogP contribution in [0.5, 0.6) is 0 Å². The van der Waals surface area contributed by atoms with Gasteiger partial charge in [-0.1, -0.05) is 0 Å². The van der Waals surface area contributed by atoms with Gasteiger partial charge in [-0.3, -0.25) is 4.57 Å². The van der Waals surface area contributed by atoms with Crippen molar-refractivity contribution in [1.82, 2.24) is 0 Å². The second-order valence-electron chi connectivity index (χ2n) is 1.82. The molecule has 2 atom stereocenters. The second-order valence-corrected chi connectivity index (χ2v) is 5.78. The van der Waals surface area contributed by atoms with E-state index in [9.17, 15) is 14.0 Å². The van der Waals surface area contributed by atoms with Crippen LogP contribution in [0.4, 0.5) is 0 Å². The molecule has 12 heavy (non-hydrogen) atoms. The van der Waals surface area contributed by atoms with E-state index in [-0.39, 0.29) is 51.4 Å². The maximum atomic E-state index is 10.2. The molecule has 2 unspecified atom stereocenters. The minimum atomic E-state index is -5.16. The number of aliphatic hydroxyl groups is 1. The monoisotopic (exact) mass is 244 g/mol. The van der Waals surface area contributed by atoms with E-state index >= 15 is 0 Å². The van der Waals surface area contributed by atoms with Gasteiger partial charge in [0.15, 0.2) is 0 Å². The summed E-state index contributed by atoms with van der Waals surface area (Å²) in [7, 11) is -10.1. The molecule has 0 amide bonds. The van der Waals surface area contributed by atoms with Crippen molar-refractivity contribution in [3.05, 3.63) is 0 Å². The Morgan fingerprint density at radius 2 is 1.58 bits per heavy atom. The summed E-state index contributed by atoms with van der Waals surface area (Å²) in [6.07, 6.45) is 0. The van der Waals surface area contributed by atoms with Gasteiger partial charge in [0.2, 0.25) is 0 Å². The van der Waals surface area contributed by atoms with Crippen LogP contribution in [-0.4, -0.2) is 31.8 Å². The van der Waals surface area contributed by atoms with E-state index in [2.05, 4.69) is 0 Å². The van der Waals surface area contributed by atoms with Crippen LogP contribution in [0.15, 0.2) is 0 Å². The first-order valence-corrected chi connectivity index (χ1v) is 5.72. The molecule has 0 aromatic heterocycles. The van der Waals surface area contributed by atoms with Crippen molar-refractivity contribution >= 4 is 15.2 Å². The summed E-state index contributed by atoms with van der Waals surface area (Å²) in [6.45, 7) is -1.30. The van der Waals surface area contributed by atoms with E-state index < -0.39 is 27.2 Å². The van der Waals surface area contributed by atoms with Crippen LogP contribution in [0.3, 0.4) is 0 Å². The fraction of sp³-hybridized carbons (Fsp3) is 1.00. The van der Waals surface area contributed by atoms with Gasteiger partial charge < -0.3 is 29.2 Å². The van der Waals surface area contributed by atoms with Crippen LogP contribution in [0.25, 0.3) is 0 Å². The molecule has 68 valence electrons. The summed E-state index contributed by atoms with van der Waals surface area (Å²) < 4.78 is 20.4. The average Bonchev–Trinajstić information content (AvgIpc) is 1.56. The third-order valence-electron chi connectivity index (χ3n) is 0.928. The number of hydrogen-bond donors (Lipinski definition) is 4. The smallest absolute Gasteiger partial charge is 0.778 e. The molecule has 10 heteroatoms. The normalized spacial score (nSPS) is 19.1. The quantitative estimate of drug-likeness (QED) is 0.288. The molecular weight excluding hydrogens is 237 g/mol. The molecule has 0 radical (unpaired) electrons. The van der Waals surface area contributed by atoms with E-state index in [1.165, 1.54) is 0 Å². The van der Waals surface area contributed by atoms with Crippen LogP contribution < -0.4 is 56.3 Å². The first kappa shape index (κ1) is 16.3. The molecule has 0 rings (SSSR count). The Hall–Kier alpha value is 1.90. The molecule has 7 nitrogen and oxygen atoms in total. The minimum absolute atomic E-state index is 0. The summed E-state index contributed by atoms with van der Waals surface area (Å²) in [5, 5.41) is 5.77. The zero-order chi connectivity index (χ0) is 9.28. The molecule has 0 spiro atoms. The van der Waals surface area contributed by atoms with E-state index in [4.69, 9.17) is 19.8 Å². The van der Waals surface area contributed by atoms with Crippen LogP contribution in [-0.2, 0) is 9.13 Å². The van der Waals surface area contributed by atoms with Crippen LogP contribution in [0.2, 0.25) is 0 Å². The molecule has 0 aliphatic rings. The van der Waals surface area contributed by atoms with E-state index in [0.29, 0.717) is 0 Å². The second kappa shape index (κ2) is 5.70. The predicted octanol–water partition coefficient (Wildman–Crippen LogP) is -4.97. The molecule has 4 N–H and O–H groups in total. The van der Waals surface area contributed by atoms with E-state index in [1.807, 2.05) is 0 Å². The van der Waals surface area contributed by atoms with Crippen molar-refractivity contribution in [2.75, 3.05) is 6.61 Å². The summed E-state index contributed by atoms with van der Waals surface area (Å²) in [5.41, 5.74) is 0. The van der Waals surface area contributed by atoms with Gasteiger partial charge in [-0.2, -0.15) is 0 Å². The van der Waals surface area contributed by atoms with E-state index in [1.54, 1.807) is 0 Å². The Morgan fingerprint density at radius 1 is 1.25 bits per heavy atom.